The zero-order valence-corrected chi connectivity index (χ0v) is 11.5. The van der Waals surface area contributed by atoms with E-state index in [0.717, 1.165) is 0 Å². The first-order valence-electron chi connectivity index (χ1n) is 6.34. The Balaban J connectivity index is 2.69. The lowest BCUT2D eigenvalue weighted by atomic mass is 9.96. The Bertz CT molecular complexity index is 767. The van der Waals surface area contributed by atoms with Crippen LogP contribution in [0.5, 0.6) is 0 Å². The van der Waals surface area contributed by atoms with E-state index in [2.05, 4.69) is 0 Å². The fourth-order valence-corrected chi connectivity index (χ4v) is 2.10. The number of aromatic carboxylic acids is 2. The number of hydrogen-bond donors (Lipinski definition) is 4. The van der Waals surface area contributed by atoms with Crippen LogP contribution in [0.3, 0.4) is 0 Å². The molecular formula is C16H14N2O4. The summed E-state index contributed by atoms with van der Waals surface area (Å²) in [6, 6.07) is 12.9. The highest BCUT2D eigenvalue weighted by atomic mass is 16.4. The SMILES string of the molecule is NC(=C(N)c1cccc(C(=O)O)c1C(=O)O)c1ccccc1. The first kappa shape index (κ1) is 15.1. The molecule has 0 bridgehead atoms. The van der Waals surface area contributed by atoms with E-state index < -0.39 is 11.9 Å². The van der Waals surface area contributed by atoms with Crippen molar-refractivity contribution in [2.75, 3.05) is 0 Å². The largest absolute Gasteiger partial charge is 0.478 e. The predicted octanol–water partition coefficient (Wildman–Crippen LogP) is 1.83. The zero-order chi connectivity index (χ0) is 16.3. The van der Waals surface area contributed by atoms with Gasteiger partial charge in [0, 0.05) is 5.56 Å². The van der Waals surface area contributed by atoms with Gasteiger partial charge in [-0.2, -0.15) is 0 Å². The van der Waals surface area contributed by atoms with Crippen molar-refractivity contribution in [2.24, 2.45) is 11.5 Å². The van der Waals surface area contributed by atoms with E-state index in [1.165, 1.54) is 18.2 Å². The minimum absolute atomic E-state index is 0.0201. The van der Waals surface area contributed by atoms with Gasteiger partial charge in [0.2, 0.25) is 0 Å². The van der Waals surface area contributed by atoms with Gasteiger partial charge in [-0.15, -0.1) is 0 Å². The fraction of sp³-hybridized carbons (Fsp3) is 0. The van der Waals surface area contributed by atoms with Crippen molar-refractivity contribution < 1.29 is 19.8 Å². The van der Waals surface area contributed by atoms with Crippen LogP contribution in [0.1, 0.15) is 31.8 Å². The fourth-order valence-electron chi connectivity index (χ4n) is 2.10. The molecule has 0 fully saturated rings. The molecule has 2 aromatic rings. The van der Waals surface area contributed by atoms with Crippen molar-refractivity contribution >= 4 is 23.3 Å². The quantitative estimate of drug-likeness (QED) is 0.638. The summed E-state index contributed by atoms with van der Waals surface area (Å²) in [4.78, 5) is 22.6. The third kappa shape index (κ3) is 2.76. The Kier molecular flexibility index (Phi) is 4.13. The molecule has 0 aliphatic heterocycles. The summed E-state index contributed by atoms with van der Waals surface area (Å²) in [5.41, 5.74) is 12.1. The average molecular weight is 298 g/mol. The number of rotatable bonds is 4. The number of hydrogen-bond acceptors (Lipinski definition) is 4. The van der Waals surface area contributed by atoms with Gasteiger partial charge in [0.1, 0.15) is 0 Å². The molecule has 0 spiro atoms. The molecule has 22 heavy (non-hydrogen) atoms. The third-order valence-corrected chi connectivity index (χ3v) is 3.17. The van der Waals surface area contributed by atoms with Gasteiger partial charge in [-0.3, -0.25) is 0 Å². The van der Waals surface area contributed by atoms with Gasteiger partial charge < -0.3 is 21.7 Å². The number of carboxylic acids is 2. The molecule has 6 heteroatoms. The number of nitrogens with two attached hydrogens (primary N) is 2. The van der Waals surface area contributed by atoms with Crippen molar-refractivity contribution in [1.29, 1.82) is 0 Å². The monoisotopic (exact) mass is 298 g/mol. The van der Waals surface area contributed by atoms with E-state index in [0.29, 0.717) is 5.56 Å². The molecule has 0 aromatic heterocycles. The van der Waals surface area contributed by atoms with Crippen LogP contribution >= 0.6 is 0 Å². The van der Waals surface area contributed by atoms with Crippen LogP contribution < -0.4 is 11.5 Å². The average Bonchev–Trinajstić information content (AvgIpc) is 2.53. The standard InChI is InChI=1S/C16H14N2O4/c17-13(9-5-2-1-3-6-9)14(18)10-7-4-8-11(15(19)20)12(10)16(21)22/h1-8H,17-18H2,(H,19,20)(H,21,22). The maximum atomic E-state index is 11.4. The summed E-state index contributed by atoms with van der Waals surface area (Å²) >= 11 is 0. The van der Waals surface area contributed by atoms with Gasteiger partial charge in [-0.1, -0.05) is 42.5 Å². The molecule has 112 valence electrons. The normalized spacial score (nSPS) is 11.6. The highest BCUT2D eigenvalue weighted by Crippen LogP contribution is 2.24. The second-order valence-corrected chi connectivity index (χ2v) is 4.53. The second kappa shape index (κ2) is 6.01. The minimum atomic E-state index is -1.38. The molecule has 0 aliphatic carbocycles. The molecule has 2 rings (SSSR count). The molecule has 2 aromatic carbocycles. The molecule has 0 unspecified atom stereocenters. The Morgan fingerprint density at radius 1 is 0.727 bits per heavy atom. The molecule has 0 aliphatic rings. The summed E-state index contributed by atoms with van der Waals surface area (Å²) in [6.07, 6.45) is 0. The summed E-state index contributed by atoms with van der Waals surface area (Å²) in [5, 5.41) is 18.4. The number of carboxylic acid groups (broad SMARTS) is 2. The van der Waals surface area contributed by atoms with E-state index in [-0.39, 0.29) is 28.1 Å². The van der Waals surface area contributed by atoms with Gasteiger partial charge in [0.05, 0.1) is 22.5 Å². The van der Waals surface area contributed by atoms with Crippen LogP contribution in [0, 0.1) is 0 Å². The van der Waals surface area contributed by atoms with E-state index in [1.807, 2.05) is 0 Å². The van der Waals surface area contributed by atoms with Gasteiger partial charge in [-0.25, -0.2) is 9.59 Å². The van der Waals surface area contributed by atoms with Crippen molar-refractivity contribution in [2.45, 2.75) is 0 Å². The van der Waals surface area contributed by atoms with Crippen LogP contribution in [-0.2, 0) is 0 Å². The molecular weight excluding hydrogens is 284 g/mol. The minimum Gasteiger partial charge on any atom is -0.478 e. The molecule has 0 atom stereocenters. The smallest absolute Gasteiger partial charge is 0.337 e. The summed E-state index contributed by atoms with van der Waals surface area (Å²) in [5.74, 6) is -2.72. The number of carbonyl (C=O) groups is 2. The van der Waals surface area contributed by atoms with Crippen LogP contribution in [0.4, 0.5) is 0 Å². The van der Waals surface area contributed by atoms with Gasteiger partial charge in [-0.05, 0) is 11.6 Å². The molecule has 0 saturated heterocycles. The Hall–Kier alpha value is -3.28. The maximum Gasteiger partial charge on any atom is 0.337 e. The molecule has 0 heterocycles. The van der Waals surface area contributed by atoms with Crippen LogP contribution in [-0.4, -0.2) is 22.2 Å². The van der Waals surface area contributed by atoms with Crippen molar-refractivity contribution in [1.82, 2.24) is 0 Å². The number of benzene rings is 2. The Labute approximate surface area is 126 Å². The van der Waals surface area contributed by atoms with Crippen LogP contribution in [0.2, 0.25) is 0 Å². The summed E-state index contributed by atoms with van der Waals surface area (Å²) < 4.78 is 0. The lowest BCUT2D eigenvalue weighted by Crippen LogP contribution is -2.15. The van der Waals surface area contributed by atoms with E-state index >= 15 is 0 Å². The van der Waals surface area contributed by atoms with E-state index in [1.54, 1.807) is 30.3 Å². The summed E-state index contributed by atoms with van der Waals surface area (Å²) in [7, 11) is 0. The molecule has 0 amide bonds. The topological polar surface area (TPSA) is 127 Å². The first-order valence-corrected chi connectivity index (χ1v) is 6.34. The molecule has 0 radical (unpaired) electrons. The highest BCUT2D eigenvalue weighted by molar-refractivity contribution is 6.06. The van der Waals surface area contributed by atoms with Crippen LogP contribution in [0.25, 0.3) is 11.4 Å². The molecule has 6 nitrogen and oxygen atoms in total. The third-order valence-electron chi connectivity index (χ3n) is 3.17. The molecule has 6 N–H and O–H groups in total. The van der Waals surface area contributed by atoms with Gasteiger partial charge >= 0.3 is 11.9 Å². The van der Waals surface area contributed by atoms with Crippen LogP contribution in [0.15, 0.2) is 48.5 Å². The predicted molar refractivity (Wildman–Crippen MR) is 82.0 cm³/mol. The van der Waals surface area contributed by atoms with E-state index in [9.17, 15) is 14.7 Å². The van der Waals surface area contributed by atoms with E-state index in [4.69, 9.17) is 16.6 Å². The second-order valence-electron chi connectivity index (χ2n) is 4.53. The van der Waals surface area contributed by atoms with Gasteiger partial charge in [0.15, 0.2) is 0 Å². The maximum absolute atomic E-state index is 11.4. The Morgan fingerprint density at radius 3 is 1.86 bits per heavy atom. The lowest BCUT2D eigenvalue weighted by Gasteiger charge is -2.12. The first-order chi connectivity index (χ1) is 10.4. The van der Waals surface area contributed by atoms with Crippen molar-refractivity contribution in [3.05, 3.63) is 70.8 Å². The van der Waals surface area contributed by atoms with Crippen molar-refractivity contribution in [3.8, 4) is 0 Å². The van der Waals surface area contributed by atoms with Gasteiger partial charge in [0.25, 0.3) is 0 Å². The lowest BCUT2D eigenvalue weighted by molar-refractivity contribution is 0.0651. The zero-order valence-electron chi connectivity index (χ0n) is 11.5. The summed E-state index contributed by atoms with van der Waals surface area (Å²) in [6.45, 7) is 0. The van der Waals surface area contributed by atoms with Crippen molar-refractivity contribution in [3.63, 3.8) is 0 Å². The Morgan fingerprint density at radius 2 is 1.32 bits per heavy atom. The highest BCUT2D eigenvalue weighted by Gasteiger charge is 2.22. The molecule has 0 saturated carbocycles.